The molecule has 2 rings (SSSR count). The molecule has 0 aliphatic heterocycles. The zero-order valence-electron chi connectivity index (χ0n) is 7.43. The third kappa shape index (κ3) is 1.55. The number of ketones is 2. The lowest BCUT2D eigenvalue weighted by Crippen LogP contribution is -2.14. The third-order valence-corrected chi connectivity index (χ3v) is 2.80. The SMILES string of the molecule is O=C1C=CC(=O)c2c1cccc2S(=O)[O-]. The summed E-state index contributed by atoms with van der Waals surface area (Å²) in [5, 5.41) is 0. The third-order valence-electron chi connectivity index (χ3n) is 2.10. The summed E-state index contributed by atoms with van der Waals surface area (Å²) >= 11 is -2.51. The van der Waals surface area contributed by atoms with Gasteiger partial charge in [0.25, 0.3) is 0 Å². The van der Waals surface area contributed by atoms with Crippen LogP contribution >= 0.6 is 0 Å². The van der Waals surface area contributed by atoms with Gasteiger partial charge in [0, 0.05) is 16.0 Å². The van der Waals surface area contributed by atoms with Gasteiger partial charge in [-0.2, -0.15) is 0 Å². The average Bonchev–Trinajstić information content (AvgIpc) is 2.23. The van der Waals surface area contributed by atoms with Crippen molar-refractivity contribution in [2.45, 2.75) is 4.90 Å². The molecule has 0 saturated carbocycles. The maximum atomic E-state index is 11.4. The van der Waals surface area contributed by atoms with Crippen molar-refractivity contribution in [1.82, 2.24) is 0 Å². The first-order valence-electron chi connectivity index (χ1n) is 4.10. The molecule has 0 saturated heterocycles. The van der Waals surface area contributed by atoms with E-state index in [0.717, 1.165) is 12.2 Å². The van der Waals surface area contributed by atoms with Gasteiger partial charge in [0.15, 0.2) is 11.6 Å². The summed E-state index contributed by atoms with van der Waals surface area (Å²) in [7, 11) is 0. The first kappa shape index (κ1) is 9.95. The van der Waals surface area contributed by atoms with E-state index in [1.165, 1.54) is 18.2 Å². The molecule has 0 bridgehead atoms. The first-order chi connectivity index (χ1) is 7.11. The van der Waals surface area contributed by atoms with Crippen molar-refractivity contribution in [3.05, 3.63) is 41.5 Å². The van der Waals surface area contributed by atoms with E-state index in [4.69, 9.17) is 0 Å². The van der Waals surface area contributed by atoms with Gasteiger partial charge >= 0.3 is 0 Å². The summed E-state index contributed by atoms with van der Waals surface area (Å²) < 4.78 is 21.7. The van der Waals surface area contributed by atoms with E-state index in [0.29, 0.717) is 0 Å². The smallest absolute Gasteiger partial charge is 0.187 e. The summed E-state index contributed by atoms with van der Waals surface area (Å²) in [4.78, 5) is 22.7. The predicted molar refractivity (Wildman–Crippen MR) is 51.4 cm³/mol. The van der Waals surface area contributed by atoms with Gasteiger partial charge in [-0.25, -0.2) is 0 Å². The number of allylic oxidation sites excluding steroid dienone is 2. The minimum absolute atomic E-state index is 0.0293. The number of benzene rings is 1. The molecule has 1 aromatic carbocycles. The highest BCUT2D eigenvalue weighted by atomic mass is 32.2. The Kier molecular flexibility index (Phi) is 2.34. The molecule has 76 valence electrons. The minimum atomic E-state index is -2.51. The molecular formula is C10H5O4S-. The molecule has 0 N–H and O–H groups in total. The molecule has 0 spiro atoms. The maximum Gasteiger partial charge on any atom is 0.187 e. The van der Waals surface area contributed by atoms with Crippen molar-refractivity contribution >= 4 is 22.6 Å². The molecule has 0 heterocycles. The Hall–Kier alpha value is -1.59. The molecule has 5 heteroatoms. The van der Waals surface area contributed by atoms with Crippen molar-refractivity contribution in [2.24, 2.45) is 0 Å². The van der Waals surface area contributed by atoms with Crippen LogP contribution in [0, 0.1) is 0 Å². The Morgan fingerprint density at radius 2 is 1.73 bits per heavy atom. The van der Waals surface area contributed by atoms with Crippen molar-refractivity contribution in [2.75, 3.05) is 0 Å². The largest absolute Gasteiger partial charge is 0.768 e. The fourth-order valence-electron chi connectivity index (χ4n) is 1.45. The molecule has 1 aromatic rings. The van der Waals surface area contributed by atoms with Crippen LogP contribution in [-0.2, 0) is 11.1 Å². The summed E-state index contributed by atoms with van der Waals surface area (Å²) in [6.07, 6.45) is 2.23. The second-order valence-corrected chi connectivity index (χ2v) is 3.88. The molecule has 0 amide bonds. The molecule has 1 aliphatic carbocycles. The Morgan fingerprint density at radius 3 is 2.40 bits per heavy atom. The summed E-state index contributed by atoms with van der Waals surface area (Å²) in [6.45, 7) is 0. The van der Waals surface area contributed by atoms with E-state index in [9.17, 15) is 18.4 Å². The Bertz CT molecular complexity index is 516. The minimum Gasteiger partial charge on any atom is -0.768 e. The molecule has 1 unspecified atom stereocenters. The van der Waals surface area contributed by atoms with Gasteiger partial charge in [-0.05, 0) is 29.3 Å². The number of hydrogen-bond donors (Lipinski definition) is 0. The van der Waals surface area contributed by atoms with Crippen LogP contribution in [0.25, 0.3) is 0 Å². The first-order valence-corrected chi connectivity index (χ1v) is 5.18. The van der Waals surface area contributed by atoms with E-state index in [1.54, 1.807) is 0 Å². The van der Waals surface area contributed by atoms with Gasteiger partial charge in [0.05, 0.1) is 0 Å². The van der Waals surface area contributed by atoms with Crippen LogP contribution in [0.5, 0.6) is 0 Å². The zero-order chi connectivity index (χ0) is 11.0. The van der Waals surface area contributed by atoms with Gasteiger partial charge < -0.3 is 4.55 Å². The highest BCUT2D eigenvalue weighted by Gasteiger charge is 2.22. The fraction of sp³-hybridized carbons (Fsp3) is 0. The van der Waals surface area contributed by atoms with Crippen molar-refractivity contribution in [3.63, 3.8) is 0 Å². The molecule has 15 heavy (non-hydrogen) atoms. The summed E-state index contributed by atoms with van der Waals surface area (Å²) in [6, 6.07) is 4.18. The topological polar surface area (TPSA) is 74.3 Å². The molecule has 1 atom stereocenters. The molecule has 0 aromatic heterocycles. The van der Waals surface area contributed by atoms with Crippen LogP contribution < -0.4 is 0 Å². The summed E-state index contributed by atoms with van der Waals surface area (Å²) in [5.74, 6) is -0.804. The van der Waals surface area contributed by atoms with E-state index in [2.05, 4.69) is 0 Å². The average molecular weight is 221 g/mol. The van der Waals surface area contributed by atoms with Gasteiger partial charge in [-0.15, -0.1) is 0 Å². The van der Waals surface area contributed by atoms with Crippen LogP contribution in [0.2, 0.25) is 0 Å². The van der Waals surface area contributed by atoms with Gasteiger partial charge in [0.1, 0.15) is 0 Å². The highest BCUT2D eigenvalue weighted by molar-refractivity contribution is 7.79. The molecule has 4 nitrogen and oxygen atoms in total. The molecular weight excluding hydrogens is 216 g/mol. The van der Waals surface area contributed by atoms with Crippen molar-refractivity contribution in [1.29, 1.82) is 0 Å². The van der Waals surface area contributed by atoms with Crippen LogP contribution in [-0.4, -0.2) is 20.3 Å². The standard InChI is InChI=1S/C10H6O4S/c11-7-4-5-8(12)10-6(7)2-1-3-9(10)15(13)14/h1-5H,(H,13,14)/p-1. The number of rotatable bonds is 1. The van der Waals surface area contributed by atoms with Crippen LogP contribution in [0.1, 0.15) is 20.7 Å². The lowest BCUT2D eigenvalue weighted by Gasteiger charge is -2.14. The van der Waals surface area contributed by atoms with Gasteiger partial charge in [0.2, 0.25) is 0 Å². The zero-order valence-corrected chi connectivity index (χ0v) is 8.24. The van der Waals surface area contributed by atoms with E-state index < -0.39 is 16.9 Å². The number of carbonyl (C=O) groups is 2. The lowest BCUT2D eigenvalue weighted by atomic mass is 9.95. The second-order valence-electron chi connectivity index (χ2n) is 2.98. The number of hydrogen-bond acceptors (Lipinski definition) is 4. The molecule has 0 fully saturated rings. The molecule has 0 radical (unpaired) electrons. The van der Waals surface area contributed by atoms with E-state index in [-0.39, 0.29) is 21.8 Å². The normalized spacial score (nSPS) is 16.3. The quantitative estimate of drug-likeness (QED) is 0.659. The predicted octanol–water partition coefficient (Wildman–Crippen LogP) is 0.860. The maximum absolute atomic E-state index is 11.4. The highest BCUT2D eigenvalue weighted by Crippen LogP contribution is 2.22. The van der Waals surface area contributed by atoms with Crippen LogP contribution in [0.3, 0.4) is 0 Å². The van der Waals surface area contributed by atoms with Crippen LogP contribution in [0.4, 0.5) is 0 Å². The van der Waals surface area contributed by atoms with Gasteiger partial charge in [-0.3, -0.25) is 13.8 Å². The van der Waals surface area contributed by atoms with Crippen molar-refractivity contribution < 1.29 is 18.4 Å². The Morgan fingerprint density at radius 1 is 1.07 bits per heavy atom. The van der Waals surface area contributed by atoms with Crippen molar-refractivity contribution in [3.8, 4) is 0 Å². The molecule has 1 aliphatic rings. The van der Waals surface area contributed by atoms with Gasteiger partial charge in [-0.1, -0.05) is 12.1 Å². The Labute approximate surface area is 87.9 Å². The van der Waals surface area contributed by atoms with Crippen LogP contribution in [0.15, 0.2) is 35.2 Å². The fourth-order valence-corrected chi connectivity index (χ4v) is 2.02. The number of fused-ring (bicyclic) bond motifs is 1. The Balaban J connectivity index is 2.76. The van der Waals surface area contributed by atoms with E-state index >= 15 is 0 Å². The van der Waals surface area contributed by atoms with E-state index in [1.807, 2.05) is 0 Å². The second kappa shape index (κ2) is 3.52. The summed E-state index contributed by atoms with van der Waals surface area (Å²) in [5.41, 5.74) is 0.113. The lowest BCUT2D eigenvalue weighted by molar-refractivity contribution is 0.0991. The number of carbonyl (C=O) groups excluding carboxylic acids is 2. The monoisotopic (exact) mass is 221 g/mol.